The van der Waals surface area contributed by atoms with E-state index < -0.39 is 14.6 Å². The number of nitrogens with one attached hydrogen (secondary N) is 1. The second-order valence-electron chi connectivity index (χ2n) is 9.28. The summed E-state index contributed by atoms with van der Waals surface area (Å²) in [5.74, 6) is 1.02. The molecular formula is C23H40IN5O2S. The molecule has 0 spiro atoms. The van der Waals surface area contributed by atoms with Gasteiger partial charge in [-0.15, -0.1) is 24.0 Å². The van der Waals surface area contributed by atoms with E-state index in [0.29, 0.717) is 13.1 Å². The zero-order valence-electron chi connectivity index (χ0n) is 20.2. The van der Waals surface area contributed by atoms with E-state index in [1.54, 1.807) is 0 Å². The van der Waals surface area contributed by atoms with Gasteiger partial charge in [-0.1, -0.05) is 12.1 Å². The predicted octanol–water partition coefficient (Wildman–Crippen LogP) is 2.52. The monoisotopic (exact) mass is 577 g/mol. The molecule has 0 amide bonds. The van der Waals surface area contributed by atoms with Gasteiger partial charge in [0, 0.05) is 58.0 Å². The zero-order valence-corrected chi connectivity index (χ0v) is 23.4. The van der Waals surface area contributed by atoms with Crippen LogP contribution in [0.25, 0.3) is 0 Å². The van der Waals surface area contributed by atoms with Crippen LogP contribution < -0.4 is 10.2 Å². The van der Waals surface area contributed by atoms with Crippen molar-refractivity contribution >= 4 is 45.5 Å². The third-order valence-corrected chi connectivity index (χ3v) is 9.18. The molecule has 1 aromatic rings. The van der Waals surface area contributed by atoms with Crippen LogP contribution in [0, 0.1) is 13.8 Å². The maximum atomic E-state index is 12.3. The summed E-state index contributed by atoms with van der Waals surface area (Å²) in [5.41, 5.74) is 4.08. The summed E-state index contributed by atoms with van der Waals surface area (Å²) < 4.78 is 23.9. The summed E-state index contributed by atoms with van der Waals surface area (Å²) in [7, 11) is -3.05. The van der Waals surface area contributed by atoms with Gasteiger partial charge in [0.05, 0.1) is 17.0 Å². The first-order chi connectivity index (χ1) is 14.6. The Labute approximate surface area is 211 Å². The summed E-state index contributed by atoms with van der Waals surface area (Å²) in [6.07, 6.45) is 0. The Morgan fingerprint density at radius 3 is 2.44 bits per heavy atom. The number of aliphatic imine (C=N–C) groups is 1. The molecule has 0 saturated carbocycles. The molecule has 1 aromatic carbocycles. The molecular weight excluding hydrogens is 537 g/mol. The summed E-state index contributed by atoms with van der Waals surface area (Å²) in [5, 5.41) is 3.35. The normalized spacial score (nSPS) is 21.2. The number of rotatable bonds is 5. The van der Waals surface area contributed by atoms with E-state index >= 15 is 0 Å². The molecule has 0 aromatic heterocycles. The third-order valence-electron chi connectivity index (χ3n) is 6.64. The van der Waals surface area contributed by atoms with Crippen molar-refractivity contribution in [1.29, 1.82) is 0 Å². The van der Waals surface area contributed by atoms with Gasteiger partial charge in [-0.05, 0) is 51.8 Å². The lowest BCUT2D eigenvalue weighted by molar-refractivity contribution is 0.264. The van der Waals surface area contributed by atoms with Crippen LogP contribution in [0.1, 0.15) is 31.9 Å². The number of piperazine rings is 1. The van der Waals surface area contributed by atoms with Crippen molar-refractivity contribution in [2.75, 3.05) is 69.6 Å². The Hall–Kier alpha value is -1.07. The lowest BCUT2D eigenvalue weighted by Gasteiger charge is -2.39. The smallest absolute Gasteiger partial charge is 0.194 e. The number of aryl methyl sites for hydroxylation is 1. The van der Waals surface area contributed by atoms with Crippen molar-refractivity contribution in [1.82, 2.24) is 15.1 Å². The van der Waals surface area contributed by atoms with Gasteiger partial charge >= 0.3 is 0 Å². The van der Waals surface area contributed by atoms with Crippen LogP contribution in [0.5, 0.6) is 0 Å². The highest BCUT2D eigenvalue weighted by molar-refractivity contribution is 14.0. The molecule has 32 heavy (non-hydrogen) atoms. The van der Waals surface area contributed by atoms with E-state index in [9.17, 15) is 8.42 Å². The van der Waals surface area contributed by atoms with Crippen LogP contribution in [0.4, 0.5) is 5.69 Å². The number of benzene rings is 1. The average Bonchev–Trinajstić information content (AvgIpc) is 2.72. The fourth-order valence-electron chi connectivity index (χ4n) is 4.34. The number of anilines is 1. The molecule has 2 fully saturated rings. The first-order valence-corrected chi connectivity index (χ1v) is 13.1. The lowest BCUT2D eigenvalue weighted by Crippen LogP contribution is -2.57. The highest BCUT2D eigenvalue weighted by atomic mass is 127. The van der Waals surface area contributed by atoms with Gasteiger partial charge in [0.25, 0.3) is 0 Å². The van der Waals surface area contributed by atoms with Crippen LogP contribution in [0.2, 0.25) is 0 Å². The van der Waals surface area contributed by atoms with Gasteiger partial charge < -0.3 is 15.1 Å². The second kappa shape index (κ2) is 11.4. The minimum atomic E-state index is -3.05. The number of halogens is 1. The molecule has 1 N–H and O–H groups in total. The SMILES string of the molecule is CCNC(=NCCN1CCN(c2cccc(C)c2C)CC1)N1CCS(=O)(=O)C(C)(C)C1.I. The van der Waals surface area contributed by atoms with Crippen molar-refractivity contribution in [3.05, 3.63) is 29.3 Å². The van der Waals surface area contributed by atoms with Crippen molar-refractivity contribution in [2.24, 2.45) is 4.99 Å². The standard InChI is InChI=1S/C23H39N5O2S.HI/c1-6-24-22(28-16-17-31(29,30)23(4,5)18-28)25-10-11-26-12-14-27(15-13-26)21-9-7-8-19(2)20(21)3;/h7-9H,6,10-18H2,1-5H3,(H,24,25);1H. The number of hydrogen-bond acceptors (Lipinski definition) is 5. The van der Waals surface area contributed by atoms with Gasteiger partial charge in [-0.25, -0.2) is 8.42 Å². The molecule has 0 aliphatic carbocycles. The Bertz CT molecular complexity index is 896. The van der Waals surface area contributed by atoms with Crippen molar-refractivity contribution < 1.29 is 8.42 Å². The highest BCUT2D eigenvalue weighted by Gasteiger charge is 2.40. The Kier molecular flexibility index (Phi) is 9.66. The topological polar surface area (TPSA) is 68.2 Å². The number of hydrogen-bond donors (Lipinski definition) is 1. The first kappa shape index (κ1) is 27.2. The minimum absolute atomic E-state index is 0. The van der Waals surface area contributed by atoms with E-state index in [1.165, 1.54) is 16.8 Å². The van der Waals surface area contributed by atoms with E-state index in [1.807, 2.05) is 20.8 Å². The molecule has 0 unspecified atom stereocenters. The Morgan fingerprint density at radius 1 is 1.12 bits per heavy atom. The van der Waals surface area contributed by atoms with E-state index in [4.69, 9.17) is 4.99 Å². The molecule has 2 heterocycles. The summed E-state index contributed by atoms with van der Waals surface area (Å²) in [6.45, 7) is 17.6. The van der Waals surface area contributed by atoms with E-state index in [0.717, 1.165) is 51.8 Å². The summed E-state index contributed by atoms with van der Waals surface area (Å²) in [4.78, 5) is 11.9. The molecule has 3 rings (SSSR count). The molecule has 0 bridgehead atoms. The van der Waals surface area contributed by atoms with Crippen LogP contribution >= 0.6 is 24.0 Å². The number of nitrogens with zero attached hydrogens (tertiary/aromatic N) is 4. The molecule has 0 atom stereocenters. The summed E-state index contributed by atoms with van der Waals surface area (Å²) in [6, 6.07) is 6.55. The van der Waals surface area contributed by atoms with E-state index in [-0.39, 0.29) is 29.7 Å². The summed E-state index contributed by atoms with van der Waals surface area (Å²) >= 11 is 0. The average molecular weight is 578 g/mol. The van der Waals surface area contributed by atoms with Gasteiger partial charge in [-0.3, -0.25) is 9.89 Å². The van der Waals surface area contributed by atoms with Gasteiger partial charge in [0.15, 0.2) is 15.8 Å². The zero-order chi connectivity index (χ0) is 22.6. The molecule has 2 aliphatic rings. The Morgan fingerprint density at radius 2 is 1.81 bits per heavy atom. The highest BCUT2D eigenvalue weighted by Crippen LogP contribution is 2.25. The van der Waals surface area contributed by atoms with Crippen molar-refractivity contribution in [2.45, 2.75) is 39.4 Å². The Balaban J connectivity index is 0.00000363. The maximum absolute atomic E-state index is 12.3. The third kappa shape index (κ3) is 6.28. The molecule has 2 saturated heterocycles. The van der Waals surface area contributed by atoms with Crippen molar-refractivity contribution in [3.8, 4) is 0 Å². The van der Waals surface area contributed by atoms with Gasteiger partial charge in [0.2, 0.25) is 0 Å². The minimum Gasteiger partial charge on any atom is -0.369 e. The first-order valence-electron chi connectivity index (χ1n) is 11.4. The number of sulfone groups is 1. The predicted molar refractivity (Wildman–Crippen MR) is 145 cm³/mol. The van der Waals surface area contributed by atoms with Crippen LogP contribution in [0.15, 0.2) is 23.2 Å². The fourth-order valence-corrected chi connectivity index (χ4v) is 5.70. The second-order valence-corrected chi connectivity index (χ2v) is 12.0. The fraction of sp³-hybridized carbons (Fsp3) is 0.696. The number of guanidine groups is 1. The van der Waals surface area contributed by atoms with Crippen molar-refractivity contribution in [3.63, 3.8) is 0 Å². The van der Waals surface area contributed by atoms with Crippen LogP contribution in [-0.2, 0) is 9.84 Å². The molecule has 182 valence electrons. The van der Waals surface area contributed by atoms with Crippen LogP contribution in [-0.4, -0.2) is 93.6 Å². The molecule has 2 aliphatic heterocycles. The lowest BCUT2D eigenvalue weighted by atomic mass is 10.1. The maximum Gasteiger partial charge on any atom is 0.194 e. The molecule has 9 heteroatoms. The van der Waals surface area contributed by atoms with Gasteiger partial charge in [-0.2, -0.15) is 0 Å². The van der Waals surface area contributed by atoms with Gasteiger partial charge in [0.1, 0.15) is 0 Å². The quantitative estimate of drug-likeness (QED) is 0.330. The van der Waals surface area contributed by atoms with E-state index in [2.05, 4.69) is 52.1 Å². The molecule has 7 nitrogen and oxygen atoms in total. The molecule has 0 radical (unpaired) electrons. The largest absolute Gasteiger partial charge is 0.369 e. The van der Waals surface area contributed by atoms with Crippen LogP contribution in [0.3, 0.4) is 0 Å².